The molecule has 296 valence electrons. The molecule has 0 saturated carbocycles. The van der Waals surface area contributed by atoms with Crippen LogP contribution in [0.2, 0.25) is 0 Å². The van der Waals surface area contributed by atoms with E-state index in [0.29, 0.717) is 91.8 Å². The third-order valence-corrected chi connectivity index (χ3v) is 9.65. The van der Waals surface area contributed by atoms with Gasteiger partial charge in [-0.3, -0.25) is 28.9 Å². The standard InChI is InChI=1S/C40H42N8O9/c1-27-24-45(38(51)28-5-3-2-4-6-28)15-16-47(27)40(53)36(50)32-23-42-37-35(32)33(11-13-41-37)57-22-19-54-18-17-46-25-30(43-44-46)26-55-20-21-56-31-9-7-29(8-10-31)39(52)48-14-12-34(48)49/h2-11,13,23,25,27H,12,14-22,24,26H2,1H3,(H,41,42)/t27-/m1/s1. The van der Waals surface area contributed by atoms with Gasteiger partial charge in [0.25, 0.3) is 23.5 Å². The van der Waals surface area contributed by atoms with Gasteiger partial charge in [0.1, 0.15) is 36.1 Å². The van der Waals surface area contributed by atoms with Crippen LogP contribution in [0.25, 0.3) is 11.0 Å². The zero-order valence-electron chi connectivity index (χ0n) is 31.4. The largest absolute Gasteiger partial charge is 0.491 e. The van der Waals surface area contributed by atoms with E-state index in [0.717, 1.165) is 0 Å². The van der Waals surface area contributed by atoms with Gasteiger partial charge in [-0.15, -0.1) is 5.10 Å². The number of hydrogen-bond acceptors (Lipinski definition) is 12. The maximum Gasteiger partial charge on any atom is 0.295 e. The lowest BCUT2D eigenvalue weighted by atomic mass is 10.1. The normalized spacial score (nSPS) is 15.4. The number of ketones is 1. The molecule has 1 N–H and O–H groups in total. The molecule has 17 nitrogen and oxygen atoms in total. The highest BCUT2D eigenvalue weighted by Gasteiger charge is 2.35. The number of nitrogens with one attached hydrogen (secondary N) is 1. The Kier molecular flexibility index (Phi) is 12.2. The molecular weight excluding hydrogens is 736 g/mol. The Morgan fingerprint density at radius 2 is 1.61 bits per heavy atom. The van der Waals surface area contributed by atoms with E-state index in [2.05, 4.69) is 20.3 Å². The fourth-order valence-electron chi connectivity index (χ4n) is 6.54. The second kappa shape index (κ2) is 18.0. The number of β-lactam (4-membered cyclic amide) rings is 1. The second-order valence-corrected chi connectivity index (χ2v) is 13.5. The first-order valence-electron chi connectivity index (χ1n) is 18.7. The van der Waals surface area contributed by atoms with Gasteiger partial charge in [0, 0.05) is 62.2 Å². The molecule has 2 aliphatic heterocycles. The van der Waals surface area contributed by atoms with Gasteiger partial charge >= 0.3 is 0 Å². The number of hydrogen-bond donors (Lipinski definition) is 1. The molecule has 2 aromatic carbocycles. The number of likely N-dealkylation sites (tertiary alicyclic amines) is 1. The average molecular weight is 779 g/mol. The van der Waals surface area contributed by atoms with Crippen LogP contribution in [0.1, 0.15) is 50.1 Å². The summed E-state index contributed by atoms with van der Waals surface area (Å²) in [7, 11) is 0. The number of benzene rings is 2. The molecule has 4 amide bonds. The van der Waals surface area contributed by atoms with Crippen molar-refractivity contribution < 1.29 is 42.9 Å². The van der Waals surface area contributed by atoms with Crippen LogP contribution in [-0.4, -0.2) is 134 Å². The molecule has 0 bridgehead atoms. The minimum Gasteiger partial charge on any atom is -0.491 e. The van der Waals surface area contributed by atoms with E-state index in [1.807, 2.05) is 25.1 Å². The van der Waals surface area contributed by atoms with E-state index < -0.39 is 11.7 Å². The number of aromatic nitrogens is 5. The van der Waals surface area contributed by atoms with Crippen molar-refractivity contribution in [2.75, 3.05) is 59.2 Å². The summed E-state index contributed by atoms with van der Waals surface area (Å²) in [5.41, 5.74) is 2.24. The predicted octanol–water partition coefficient (Wildman–Crippen LogP) is 2.77. The Hall–Kier alpha value is -6.46. The van der Waals surface area contributed by atoms with Gasteiger partial charge in [-0.1, -0.05) is 23.4 Å². The smallest absolute Gasteiger partial charge is 0.295 e. The molecule has 2 aliphatic rings. The molecule has 3 aromatic heterocycles. The van der Waals surface area contributed by atoms with E-state index in [-0.39, 0.29) is 55.7 Å². The predicted molar refractivity (Wildman–Crippen MR) is 203 cm³/mol. The number of aromatic amines is 1. The number of H-pyrrole nitrogens is 1. The zero-order valence-corrected chi connectivity index (χ0v) is 31.4. The number of Topliss-reactive ketones (excluding diaryl/α,β-unsaturated/α-hetero) is 1. The van der Waals surface area contributed by atoms with Crippen molar-refractivity contribution in [1.82, 2.24) is 39.7 Å². The van der Waals surface area contributed by atoms with Crippen LogP contribution in [-0.2, 0) is 32.2 Å². The minimum atomic E-state index is -0.685. The van der Waals surface area contributed by atoms with E-state index in [9.17, 15) is 24.0 Å². The van der Waals surface area contributed by atoms with Crippen molar-refractivity contribution in [3.63, 3.8) is 0 Å². The molecule has 57 heavy (non-hydrogen) atoms. The summed E-state index contributed by atoms with van der Waals surface area (Å²) in [5.74, 6) is -0.923. The summed E-state index contributed by atoms with van der Waals surface area (Å²) >= 11 is 0. The molecule has 7 rings (SSSR count). The van der Waals surface area contributed by atoms with E-state index >= 15 is 0 Å². The molecule has 2 fully saturated rings. The third-order valence-electron chi connectivity index (χ3n) is 9.65. The van der Waals surface area contributed by atoms with Gasteiger partial charge in [0.05, 0.1) is 50.1 Å². The van der Waals surface area contributed by atoms with Crippen LogP contribution in [0, 0.1) is 0 Å². The Labute approximate surface area is 327 Å². The van der Waals surface area contributed by atoms with Gasteiger partial charge in [0.15, 0.2) is 0 Å². The van der Waals surface area contributed by atoms with Crippen LogP contribution in [0.5, 0.6) is 11.5 Å². The maximum absolute atomic E-state index is 13.6. The Morgan fingerprint density at radius 3 is 2.37 bits per heavy atom. The lowest BCUT2D eigenvalue weighted by Gasteiger charge is -2.39. The van der Waals surface area contributed by atoms with E-state index in [1.165, 1.54) is 16.0 Å². The van der Waals surface area contributed by atoms with Crippen molar-refractivity contribution in [2.45, 2.75) is 32.5 Å². The van der Waals surface area contributed by atoms with E-state index in [4.69, 9.17) is 18.9 Å². The molecule has 5 aromatic rings. The van der Waals surface area contributed by atoms with Gasteiger partial charge in [-0.2, -0.15) is 0 Å². The lowest BCUT2D eigenvalue weighted by Crippen LogP contribution is -2.56. The van der Waals surface area contributed by atoms with Gasteiger partial charge in [-0.05, 0) is 49.4 Å². The topological polar surface area (TPSA) is 191 Å². The number of amides is 4. The minimum absolute atomic E-state index is 0.108. The third kappa shape index (κ3) is 9.16. The fraction of sp³-hybridized carbons (Fsp3) is 0.350. The number of nitrogens with zero attached hydrogens (tertiary/aromatic N) is 7. The summed E-state index contributed by atoms with van der Waals surface area (Å²) in [5, 5.41) is 8.65. The molecular formula is C40H42N8O9. The molecule has 0 aliphatic carbocycles. The van der Waals surface area contributed by atoms with Crippen molar-refractivity contribution in [1.29, 1.82) is 0 Å². The molecule has 2 saturated heterocycles. The second-order valence-electron chi connectivity index (χ2n) is 13.5. The number of carbonyl (C=O) groups excluding carboxylic acids is 5. The zero-order chi connectivity index (χ0) is 39.7. The van der Waals surface area contributed by atoms with Crippen LogP contribution < -0.4 is 9.47 Å². The molecule has 5 heterocycles. The first kappa shape index (κ1) is 38.8. The van der Waals surface area contributed by atoms with E-state index in [1.54, 1.807) is 64.4 Å². The lowest BCUT2D eigenvalue weighted by molar-refractivity contribution is -0.136. The molecule has 1 atom stereocenters. The average Bonchev–Trinajstić information content (AvgIpc) is 3.88. The molecule has 0 spiro atoms. The van der Waals surface area contributed by atoms with Crippen LogP contribution >= 0.6 is 0 Å². The van der Waals surface area contributed by atoms with Gasteiger partial charge < -0.3 is 33.7 Å². The number of fused-ring (bicyclic) bond motifs is 1. The van der Waals surface area contributed by atoms with Crippen molar-refractivity contribution >= 4 is 40.4 Å². The molecule has 17 heteroatoms. The highest BCUT2D eigenvalue weighted by molar-refractivity contribution is 6.45. The Morgan fingerprint density at radius 1 is 0.842 bits per heavy atom. The summed E-state index contributed by atoms with van der Waals surface area (Å²) in [4.78, 5) is 75.5. The summed E-state index contributed by atoms with van der Waals surface area (Å²) in [6.07, 6.45) is 5.20. The van der Waals surface area contributed by atoms with Crippen molar-refractivity contribution in [3.8, 4) is 11.5 Å². The quantitative estimate of drug-likeness (QED) is 0.0478. The van der Waals surface area contributed by atoms with Crippen LogP contribution in [0.4, 0.5) is 0 Å². The number of ether oxygens (including phenoxy) is 4. The highest BCUT2D eigenvalue weighted by atomic mass is 16.5. The Balaban J connectivity index is 0.804. The number of pyridine rings is 1. The summed E-state index contributed by atoms with van der Waals surface area (Å²) < 4.78 is 24.7. The summed E-state index contributed by atoms with van der Waals surface area (Å²) in [6.45, 7) is 5.23. The summed E-state index contributed by atoms with van der Waals surface area (Å²) in [6, 6.07) is 16.9. The van der Waals surface area contributed by atoms with Crippen molar-refractivity contribution in [3.05, 3.63) is 102 Å². The molecule has 0 unspecified atom stereocenters. The van der Waals surface area contributed by atoms with Crippen LogP contribution in [0.15, 0.2) is 79.3 Å². The maximum atomic E-state index is 13.6. The first-order valence-corrected chi connectivity index (χ1v) is 18.7. The number of rotatable bonds is 17. The van der Waals surface area contributed by atoms with Crippen LogP contribution in [0.3, 0.4) is 0 Å². The first-order chi connectivity index (χ1) is 27.8. The monoisotopic (exact) mass is 778 g/mol. The van der Waals surface area contributed by atoms with Gasteiger partial charge in [-0.25, -0.2) is 9.67 Å². The highest BCUT2D eigenvalue weighted by Crippen LogP contribution is 2.29. The van der Waals surface area contributed by atoms with Crippen molar-refractivity contribution in [2.24, 2.45) is 0 Å². The number of piperazine rings is 1. The fourth-order valence-corrected chi connectivity index (χ4v) is 6.54. The number of imide groups is 1. The molecule has 0 radical (unpaired) electrons. The Bertz CT molecular complexity index is 2220. The SMILES string of the molecule is C[C@@H]1CN(C(=O)c2ccccc2)CCN1C(=O)C(=O)c1c[nH]c2nccc(OCCOCCn3cc(COCCOc4ccc(C(=O)N5CCC5=O)cc4)nn3)c12. The van der Waals surface area contributed by atoms with Gasteiger partial charge in [0.2, 0.25) is 5.91 Å². The number of carbonyl (C=O) groups is 5.